The predicted molar refractivity (Wildman–Crippen MR) is 65.8 cm³/mol. The van der Waals surface area contributed by atoms with Crippen LogP contribution in [-0.4, -0.2) is 23.5 Å². The van der Waals surface area contributed by atoms with Crippen LogP contribution in [0.4, 0.5) is 5.13 Å². The maximum absolute atomic E-state index is 11.9. The minimum atomic E-state index is -0.0653. The van der Waals surface area contributed by atoms with Crippen LogP contribution in [0.25, 0.3) is 0 Å². The first-order valence-electron chi connectivity index (χ1n) is 5.56. The lowest BCUT2D eigenvalue weighted by molar-refractivity contribution is -0.118. The Labute approximate surface area is 99.5 Å². The summed E-state index contributed by atoms with van der Waals surface area (Å²) in [5.74, 6) is 0.445. The van der Waals surface area contributed by atoms with Crippen LogP contribution in [0.1, 0.15) is 23.9 Å². The summed E-state index contributed by atoms with van der Waals surface area (Å²) < 4.78 is 0. The van der Waals surface area contributed by atoms with Crippen LogP contribution in [0.5, 0.6) is 0 Å². The van der Waals surface area contributed by atoms with Gasteiger partial charge < -0.3 is 10.6 Å². The van der Waals surface area contributed by atoms with Crippen molar-refractivity contribution in [3.63, 3.8) is 0 Å². The predicted octanol–water partition coefficient (Wildman–Crippen LogP) is 1.70. The van der Waals surface area contributed by atoms with Gasteiger partial charge in [-0.3, -0.25) is 4.79 Å². The molecule has 2 N–H and O–H groups in total. The molecule has 1 aliphatic rings. The van der Waals surface area contributed by atoms with Gasteiger partial charge in [-0.05, 0) is 32.7 Å². The Balaban J connectivity index is 2.01. The summed E-state index contributed by atoms with van der Waals surface area (Å²) in [5, 5.41) is 6.80. The fourth-order valence-corrected chi connectivity index (χ4v) is 2.71. The fourth-order valence-electron chi connectivity index (χ4n) is 1.89. The number of rotatable bonds is 2. The second kappa shape index (κ2) is 4.51. The van der Waals surface area contributed by atoms with E-state index < -0.39 is 0 Å². The van der Waals surface area contributed by atoms with Crippen molar-refractivity contribution in [3.8, 4) is 0 Å². The minimum absolute atomic E-state index is 0.0405. The summed E-state index contributed by atoms with van der Waals surface area (Å²) in [5.41, 5.74) is 0.993. The average Bonchev–Trinajstić information content (AvgIpc) is 2.74. The molecule has 0 aliphatic carbocycles. The number of carbonyl (C=O) groups is 1. The van der Waals surface area contributed by atoms with Gasteiger partial charge in [0.15, 0.2) is 5.13 Å². The first kappa shape index (κ1) is 11.5. The molecule has 0 aromatic carbocycles. The molecule has 0 radical (unpaired) electrons. The molecular formula is C11H17N3OS. The summed E-state index contributed by atoms with van der Waals surface area (Å²) in [6, 6.07) is -0.0653. The molecule has 88 valence electrons. The lowest BCUT2D eigenvalue weighted by atomic mass is 10.0. The van der Waals surface area contributed by atoms with Gasteiger partial charge in [-0.2, -0.15) is 0 Å². The zero-order valence-corrected chi connectivity index (χ0v) is 10.6. The number of nitrogens with zero attached hydrogens (tertiary/aromatic N) is 1. The third-order valence-corrected chi connectivity index (χ3v) is 4.06. The first-order chi connectivity index (χ1) is 7.58. The monoisotopic (exact) mass is 239 g/mol. The normalized spacial score (nSPS) is 24.7. The maximum Gasteiger partial charge on any atom is 0.243 e. The molecule has 4 nitrogen and oxygen atoms in total. The number of amides is 1. The Kier molecular flexibility index (Phi) is 3.25. The van der Waals surface area contributed by atoms with Crippen LogP contribution in [-0.2, 0) is 4.79 Å². The molecule has 1 fully saturated rings. The molecule has 1 amide bonds. The number of aromatic nitrogens is 1. The Bertz CT molecular complexity index is 382. The standard InChI is InChI=1S/C11H17N3OS/c1-6-4-5-12-9(6)10(15)14-11-13-7(2)8(3)16-11/h6,9,12H,4-5H2,1-3H3,(H,13,14,15). The summed E-state index contributed by atoms with van der Waals surface area (Å²) in [4.78, 5) is 17.4. The second-order valence-corrected chi connectivity index (χ2v) is 5.55. The molecule has 0 saturated carbocycles. The van der Waals surface area contributed by atoms with E-state index in [1.54, 1.807) is 0 Å². The highest BCUT2D eigenvalue weighted by atomic mass is 32.1. The van der Waals surface area contributed by atoms with E-state index in [4.69, 9.17) is 0 Å². The number of hydrogen-bond acceptors (Lipinski definition) is 4. The zero-order chi connectivity index (χ0) is 11.7. The number of aryl methyl sites for hydroxylation is 2. The van der Waals surface area contributed by atoms with Gasteiger partial charge >= 0.3 is 0 Å². The van der Waals surface area contributed by atoms with Gasteiger partial charge in [0.25, 0.3) is 0 Å². The summed E-state index contributed by atoms with van der Waals surface area (Å²) in [7, 11) is 0. The van der Waals surface area contributed by atoms with E-state index in [0.717, 1.165) is 23.5 Å². The summed E-state index contributed by atoms with van der Waals surface area (Å²) in [6.45, 7) is 6.99. The quantitative estimate of drug-likeness (QED) is 0.826. The number of carbonyl (C=O) groups excluding carboxylic acids is 1. The zero-order valence-electron chi connectivity index (χ0n) is 9.83. The topological polar surface area (TPSA) is 54.0 Å². The molecule has 2 heterocycles. The molecule has 16 heavy (non-hydrogen) atoms. The smallest absolute Gasteiger partial charge is 0.243 e. The van der Waals surface area contributed by atoms with Gasteiger partial charge in [0.1, 0.15) is 0 Å². The molecule has 1 aromatic rings. The first-order valence-corrected chi connectivity index (χ1v) is 6.38. The van der Waals surface area contributed by atoms with Gasteiger partial charge in [-0.15, -0.1) is 11.3 Å². The van der Waals surface area contributed by atoms with E-state index in [0.29, 0.717) is 11.0 Å². The molecule has 1 aliphatic heterocycles. The van der Waals surface area contributed by atoms with Crippen LogP contribution in [0.15, 0.2) is 0 Å². The Morgan fingerprint density at radius 2 is 2.31 bits per heavy atom. The number of thiazole rings is 1. The molecule has 0 spiro atoms. The van der Waals surface area contributed by atoms with E-state index in [1.807, 2.05) is 13.8 Å². The average molecular weight is 239 g/mol. The van der Waals surface area contributed by atoms with Crippen LogP contribution in [0.3, 0.4) is 0 Å². The van der Waals surface area contributed by atoms with Crippen LogP contribution in [0, 0.1) is 19.8 Å². The van der Waals surface area contributed by atoms with Crippen molar-refractivity contribution in [2.75, 3.05) is 11.9 Å². The Hall–Kier alpha value is -0.940. The molecule has 2 atom stereocenters. The van der Waals surface area contributed by atoms with Gasteiger partial charge in [0.05, 0.1) is 11.7 Å². The van der Waals surface area contributed by atoms with Gasteiger partial charge in [0, 0.05) is 4.88 Å². The van der Waals surface area contributed by atoms with Crippen LogP contribution in [0.2, 0.25) is 0 Å². The molecule has 2 rings (SSSR count). The van der Waals surface area contributed by atoms with E-state index in [9.17, 15) is 4.79 Å². The molecular weight excluding hydrogens is 222 g/mol. The van der Waals surface area contributed by atoms with Crippen LogP contribution < -0.4 is 10.6 Å². The summed E-state index contributed by atoms with van der Waals surface area (Å²) in [6.07, 6.45) is 1.06. The van der Waals surface area contributed by atoms with Crippen molar-refractivity contribution in [2.24, 2.45) is 5.92 Å². The molecule has 0 bridgehead atoms. The third-order valence-electron chi connectivity index (χ3n) is 3.07. The van der Waals surface area contributed by atoms with Gasteiger partial charge in [-0.25, -0.2) is 4.98 Å². The van der Waals surface area contributed by atoms with Crippen molar-refractivity contribution in [3.05, 3.63) is 10.6 Å². The minimum Gasteiger partial charge on any atom is -0.306 e. The molecule has 2 unspecified atom stereocenters. The molecule has 1 saturated heterocycles. The highest BCUT2D eigenvalue weighted by Gasteiger charge is 2.29. The maximum atomic E-state index is 11.9. The van der Waals surface area contributed by atoms with E-state index in [1.165, 1.54) is 11.3 Å². The van der Waals surface area contributed by atoms with Crippen molar-refractivity contribution in [1.29, 1.82) is 0 Å². The van der Waals surface area contributed by atoms with Crippen molar-refractivity contribution < 1.29 is 4.79 Å². The van der Waals surface area contributed by atoms with E-state index >= 15 is 0 Å². The Morgan fingerprint density at radius 1 is 1.56 bits per heavy atom. The lowest BCUT2D eigenvalue weighted by Crippen LogP contribution is -2.39. The SMILES string of the molecule is Cc1nc(NC(=O)C2NCCC2C)sc1C. The van der Waals surface area contributed by atoms with Crippen molar-refractivity contribution in [1.82, 2.24) is 10.3 Å². The largest absolute Gasteiger partial charge is 0.306 e. The fraction of sp³-hybridized carbons (Fsp3) is 0.636. The summed E-state index contributed by atoms with van der Waals surface area (Å²) >= 11 is 1.53. The Morgan fingerprint density at radius 3 is 2.81 bits per heavy atom. The number of anilines is 1. The lowest BCUT2D eigenvalue weighted by Gasteiger charge is -2.13. The van der Waals surface area contributed by atoms with Gasteiger partial charge in [-0.1, -0.05) is 6.92 Å². The van der Waals surface area contributed by atoms with Crippen molar-refractivity contribution >= 4 is 22.4 Å². The van der Waals surface area contributed by atoms with E-state index in [2.05, 4.69) is 22.5 Å². The molecule has 1 aromatic heterocycles. The van der Waals surface area contributed by atoms with Gasteiger partial charge in [0.2, 0.25) is 5.91 Å². The third kappa shape index (κ3) is 2.25. The highest BCUT2D eigenvalue weighted by Crippen LogP contribution is 2.22. The second-order valence-electron chi connectivity index (χ2n) is 4.35. The van der Waals surface area contributed by atoms with Crippen molar-refractivity contribution in [2.45, 2.75) is 33.2 Å². The highest BCUT2D eigenvalue weighted by molar-refractivity contribution is 7.15. The van der Waals surface area contributed by atoms with E-state index in [-0.39, 0.29) is 11.9 Å². The van der Waals surface area contributed by atoms with Crippen LogP contribution >= 0.6 is 11.3 Å². The number of hydrogen-bond donors (Lipinski definition) is 2. The molecule has 5 heteroatoms. The number of nitrogens with one attached hydrogen (secondary N) is 2.